The minimum atomic E-state index is -0.230. The zero-order valence-electron chi connectivity index (χ0n) is 32.4. The number of ketones is 4. The van der Waals surface area contributed by atoms with Gasteiger partial charge in [0.1, 0.15) is 23.1 Å². The molecule has 0 radical (unpaired) electrons. The molecule has 12 N–H and O–H groups in total. The summed E-state index contributed by atoms with van der Waals surface area (Å²) in [7, 11) is 7.71. The average Bonchev–Trinajstić information content (AvgIpc) is 3.11. The Bertz CT molecular complexity index is 623. The third kappa shape index (κ3) is 38.8. The van der Waals surface area contributed by atoms with Crippen molar-refractivity contribution < 1.29 is 19.2 Å². The number of nitrogens with one attached hydrogen (secondary N) is 4. The lowest BCUT2D eigenvalue weighted by atomic mass is 10.0. The van der Waals surface area contributed by atoms with Gasteiger partial charge in [-0.25, -0.2) is 0 Å². The Morgan fingerprint density at radius 1 is 0.375 bits per heavy atom. The first kappa shape index (κ1) is 53.2. The molecule has 0 spiro atoms. The Labute approximate surface area is 295 Å². The summed E-state index contributed by atoms with van der Waals surface area (Å²) in [4.78, 5) is 44.1. The van der Waals surface area contributed by atoms with Crippen molar-refractivity contribution in [2.24, 2.45) is 22.9 Å². The van der Waals surface area contributed by atoms with Gasteiger partial charge < -0.3 is 44.2 Å². The maximum atomic E-state index is 11.0. The fourth-order valence-electron chi connectivity index (χ4n) is 4.36. The summed E-state index contributed by atoms with van der Waals surface area (Å²) >= 11 is 0. The molecule has 0 unspecified atom stereocenters. The molecule has 12 nitrogen and oxygen atoms in total. The Morgan fingerprint density at radius 3 is 0.667 bits per heavy atom. The summed E-state index contributed by atoms with van der Waals surface area (Å²) in [5, 5.41) is 12.2. The summed E-state index contributed by atoms with van der Waals surface area (Å²) in [5.74, 6) is 0.720. The van der Waals surface area contributed by atoms with Crippen LogP contribution in [0.1, 0.15) is 130 Å². The van der Waals surface area contributed by atoms with Crippen LogP contribution in [-0.4, -0.2) is 102 Å². The Balaban J connectivity index is -0.000000269. The van der Waals surface area contributed by atoms with Crippen LogP contribution in [-0.2, 0) is 19.2 Å². The van der Waals surface area contributed by atoms with Gasteiger partial charge in [0.05, 0.1) is 24.2 Å². The van der Waals surface area contributed by atoms with Crippen LogP contribution < -0.4 is 44.2 Å². The number of unbranched alkanes of at least 4 members (excludes halogenated alkanes) is 4. The second-order valence-electron chi connectivity index (χ2n) is 12.1. The van der Waals surface area contributed by atoms with Crippen molar-refractivity contribution in [1.82, 2.24) is 21.3 Å². The molecule has 0 heterocycles. The van der Waals surface area contributed by atoms with Gasteiger partial charge in [0, 0.05) is 25.7 Å². The van der Waals surface area contributed by atoms with Crippen LogP contribution in [0.4, 0.5) is 0 Å². The maximum absolute atomic E-state index is 11.0. The summed E-state index contributed by atoms with van der Waals surface area (Å²) in [5.41, 5.74) is 22.6. The lowest BCUT2D eigenvalue weighted by Crippen LogP contribution is -2.29. The molecule has 0 aliphatic carbocycles. The molecule has 0 aliphatic heterocycles. The topological polar surface area (TPSA) is 220 Å². The number of carbonyl (C=O) groups is 4. The van der Waals surface area contributed by atoms with Crippen LogP contribution >= 0.6 is 0 Å². The van der Waals surface area contributed by atoms with E-state index in [-0.39, 0.29) is 47.3 Å². The Kier molecular flexibility index (Phi) is 46.0. The predicted molar refractivity (Wildman–Crippen MR) is 204 cm³/mol. The molecule has 0 aromatic heterocycles. The van der Waals surface area contributed by atoms with Crippen LogP contribution in [0, 0.1) is 0 Å². The van der Waals surface area contributed by atoms with E-state index in [2.05, 4.69) is 21.3 Å². The van der Waals surface area contributed by atoms with Gasteiger partial charge >= 0.3 is 0 Å². The summed E-state index contributed by atoms with van der Waals surface area (Å²) in [6.45, 7) is 11.5. The molecule has 0 fully saturated rings. The predicted octanol–water partition coefficient (Wildman–Crippen LogP) is 2.73. The molecule has 0 saturated carbocycles. The number of nitrogens with two attached hydrogens (primary N) is 4. The normalized spacial score (nSPS) is 12.9. The summed E-state index contributed by atoms with van der Waals surface area (Å²) in [6, 6.07) is -0.919. The fourth-order valence-corrected chi connectivity index (χ4v) is 4.36. The molecular weight excluding hydrogens is 608 g/mol. The maximum Gasteiger partial charge on any atom is 0.149 e. The standard InChI is InChI=1S/4C9H20N2O/c4*1-3-9(12)8(10)6-4-5-7-11-2/h4*8,11H,3-7,10H2,1-2H3/t4*8-/m0000/s1. The van der Waals surface area contributed by atoms with E-state index in [1.54, 1.807) is 0 Å². The van der Waals surface area contributed by atoms with Crippen molar-refractivity contribution in [1.29, 1.82) is 0 Å². The minimum absolute atomic E-state index is 0.180. The highest BCUT2D eigenvalue weighted by Crippen LogP contribution is 2.03. The quantitative estimate of drug-likeness (QED) is 0.0556. The molecule has 12 heteroatoms. The van der Waals surface area contributed by atoms with E-state index in [0.717, 1.165) is 103 Å². The van der Waals surface area contributed by atoms with Crippen LogP contribution in [0.25, 0.3) is 0 Å². The number of hydrogen-bond acceptors (Lipinski definition) is 12. The van der Waals surface area contributed by atoms with Crippen molar-refractivity contribution in [2.45, 2.75) is 155 Å². The molecule has 0 aromatic rings. The first-order valence-corrected chi connectivity index (χ1v) is 18.6. The van der Waals surface area contributed by atoms with Gasteiger partial charge in [-0.1, -0.05) is 53.4 Å². The number of rotatable bonds is 28. The number of Topliss-reactive ketones (excluding diaryl/α,β-unsaturated/α-hetero) is 4. The highest BCUT2D eigenvalue weighted by molar-refractivity contribution is 5.84. The third-order valence-corrected chi connectivity index (χ3v) is 7.82. The average molecular weight is 689 g/mol. The fraction of sp³-hybridized carbons (Fsp3) is 0.889. The molecule has 0 aliphatic rings. The summed E-state index contributed by atoms with van der Waals surface area (Å²) in [6.07, 6.45) is 14.1. The monoisotopic (exact) mass is 689 g/mol. The molecule has 48 heavy (non-hydrogen) atoms. The molecule has 288 valence electrons. The van der Waals surface area contributed by atoms with E-state index < -0.39 is 0 Å². The molecule has 0 aromatic carbocycles. The smallest absolute Gasteiger partial charge is 0.149 e. The van der Waals surface area contributed by atoms with E-state index in [1.807, 2.05) is 55.9 Å². The van der Waals surface area contributed by atoms with Crippen molar-refractivity contribution in [3.63, 3.8) is 0 Å². The Hall–Kier alpha value is -1.64. The van der Waals surface area contributed by atoms with Crippen LogP contribution in [0.5, 0.6) is 0 Å². The van der Waals surface area contributed by atoms with Gasteiger partial charge in [0.25, 0.3) is 0 Å². The first-order valence-electron chi connectivity index (χ1n) is 18.6. The highest BCUT2D eigenvalue weighted by atomic mass is 16.1. The second-order valence-corrected chi connectivity index (χ2v) is 12.1. The molecular formula is C36H80N8O4. The van der Waals surface area contributed by atoms with Crippen LogP contribution in [0.15, 0.2) is 0 Å². The van der Waals surface area contributed by atoms with Gasteiger partial charge in [0.2, 0.25) is 0 Å². The lowest BCUT2D eigenvalue weighted by Gasteiger charge is -2.08. The minimum Gasteiger partial charge on any atom is -0.322 e. The van der Waals surface area contributed by atoms with Gasteiger partial charge in [0.15, 0.2) is 0 Å². The largest absolute Gasteiger partial charge is 0.322 e. The van der Waals surface area contributed by atoms with Crippen LogP contribution in [0.2, 0.25) is 0 Å². The van der Waals surface area contributed by atoms with Crippen LogP contribution in [0.3, 0.4) is 0 Å². The van der Waals surface area contributed by atoms with E-state index in [1.165, 1.54) is 0 Å². The van der Waals surface area contributed by atoms with Crippen molar-refractivity contribution >= 4 is 23.1 Å². The molecule has 0 bridgehead atoms. The van der Waals surface area contributed by atoms with Gasteiger partial charge in [-0.05, 0) is 106 Å². The third-order valence-electron chi connectivity index (χ3n) is 7.82. The molecule has 4 atom stereocenters. The van der Waals surface area contributed by atoms with E-state index in [4.69, 9.17) is 22.9 Å². The van der Waals surface area contributed by atoms with Crippen molar-refractivity contribution in [2.75, 3.05) is 54.4 Å². The van der Waals surface area contributed by atoms with E-state index in [9.17, 15) is 19.2 Å². The highest BCUT2D eigenvalue weighted by Gasteiger charge is 2.11. The zero-order valence-corrected chi connectivity index (χ0v) is 32.4. The van der Waals surface area contributed by atoms with Crippen molar-refractivity contribution in [3.05, 3.63) is 0 Å². The molecule has 0 amide bonds. The molecule has 0 saturated heterocycles. The van der Waals surface area contributed by atoms with Gasteiger partial charge in [-0.2, -0.15) is 0 Å². The van der Waals surface area contributed by atoms with E-state index >= 15 is 0 Å². The van der Waals surface area contributed by atoms with Crippen molar-refractivity contribution in [3.8, 4) is 0 Å². The number of hydrogen-bond donors (Lipinski definition) is 8. The summed E-state index contributed by atoms with van der Waals surface area (Å²) < 4.78 is 0. The zero-order chi connectivity index (χ0) is 37.6. The van der Waals surface area contributed by atoms with E-state index in [0.29, 0.717) is 25.7 Å². The lowest BCUT2D eigenvalue weighted by molar-refractivity contribution is -0.120. The number of carbonyl (C=O) groups excluding carboxylic acids is 4. The second kappa shape index (κ2) is 41.5. The molecule has 0 rings (SSSR count). The SMILES string of the molecule is CCC(=O)[C@@H](N)CCCCNC.CCC(=O)[C@@H](N)CCCCNC.CCC(=O)[C@@H](N)CCCCNC.CCC(=O)[C@@H](N)CCCCNC. The first-order chi connectivity index (χ1) is 22.9. The Morgan fingerprint density at radius 2 is 0.542 bits per heavy atom. The van der Waals surface area contributed by atoms with Gasteiger partial charge in [-0.15, -0.1) is 0 Å². The van der Waals surface area contributed by atoms with Gasteiger partial charge in [-0.3, -0.25) is 19.2 Å².